The average molecular weight is 361 g/mol. The molecule has 4 fully saturated rings. The Bertz CT molecular complexity index is 599. The van der Waals surface area contributed by atoms with Crippen molar-refractivity contribution in [3.63, 3.8) is 0 Å². The van der Waals surface area contributed by atoms with E-state index in [9.17, 15) is 9.59 Å². The molecule has 4 nitrogen and oxygen atoms in total. The summed E-state index contributed by atoms with van der Waals surface area (Å²) in [4.78, 5) is 30.3. The Morgan fingerprint density at radius 3 is 1.35 bits per heavy atom. The van der Waals surface area contributed by atoms with Gasteiger partial charge in [0.25, 0.3) is 0 Å². The number of fused-ring (bicyclic) bond motifs is 4. The van der Waals surface area contributed by atoms with Gasteiger partial charge in [-0.3, -0.25) is 9.59 Å². The third kappa shape index (κ3) is 2.97. The molecule has 0 radical (unpaired) electrons. The monoisotopic (exact) mass is 360 g/mol. The van der Waals surface area contributed by atoms with Crippen LogP contribution < -0.4 is 0 Å². The van der Waals surface area contributed by atoms with Gasteiger partial charge in [0, 0.05) is 25.2 Å². The van der Waals surface area contributed by atoms with Gasteiger partial charge >= 0.3 is 11.8 Å². The normalized spacial score (nSPS) is 42.8. The molecule has 4 unspecified atom stereocenters. The molecule has 4 bridgehead atoms. The van der Waals surface area contributed by atoms with Crippen LogP contribution in [0.15, 0.2) is 0 Å². The average Bonchev–Trinajstić information content (AvgIpc) is 2.84. The molecular weight excluding hydrogens is 324 g/mol. The standard InChI is InChI=1S/C22H36N2O2/c1-19(2)7-15-9-21(5,11-19)13-23(15)17(25)18(26)24-14-22(6)10-16(24)8-20(3,4)12-22/h15-16H,7-14H2,1-6H3. The van der Waals surface area contributed by atoms with Crippen LogP contribution in [-0.4, -0.2) is 46.8 Å². The summed E-state index contributed by atoms with van der Waals surface area (Å²) in [5.74, 6) is -0.462. The third-order valence-electron chi connectivity index (χ3n) is 7.53. The minimum absolute atomic E-state index is 0.178. The second kappa shape index (κ2) is 5.26. The fourth-order valence-corrected chi connectivity index (χ4v) is 7.64. The Labute approximate surface area is 158 Å². The van der Waals surface area contributed by atoms with E-state index in [4.69, 9.17) is 0 Å². The van der Waals surface area contributed by atoms with Gasteiger partial charge in [-0.1, -0.05) is 41.5 Å². The first-order chi connectivity index (χ1) is 11.8. The third-order valence-corrected chi connectivity index (χ3v) is 7.53. The minimum atomic E-state index is -0.231. The molecule has 2 saturated carbocycles. The molecule has 2 aliphatic heterocycles. The molecule has 4 heteroatoms. The van der Waals surface area contributed by atoms with Crippen LogP contribution in [0.3, 0.4) is 0 Å². The van der Waals surface area contributed by atoms with Crippen LogP contribution in [0.25, 0.3) is 0 Å². The summed E-state index contributed by atoms with van der Waals surface area (Å²) < 4.78 is 0. The Kier molecular flexibility index (Phi) is 3.70. The van der Waals surface area contributed by atoms with Crippen molar-refractivity contribution in [2.75, 3.05) is 13.1 Å². The zero-order chi connectivity index (χ0) is 19.1. The van der Waals surface area contributed by atoms with Gasteiger partial charge < -0.3 is 9.80 Å². The van der Waals surface area contributed by atoms with Crippen molar-refractivity contribution in [1.29, 1.82) is 0 Å². The van der Waals surface area contributed by atoms with Crippen LogP contribution in [0.1, 0.15) is 80.1 Å². The summed E-state index contributed by atoms with van der Waals surface area (Å²) in [5, 5.41) is 0. The van der Waals surface area contributed by atoms with Crippen LogP contribution >= 0.6 is 0 Å². The van der Waals surface area contributed by atoms with E-state index in [0.717, 1.165) is 51.6 Å². The van der Waals surface area contributed by atoms with Crippen LogP contribution in [0, 0.1) is 21.7 Å². The summed E-state index contributed by atoms with van der Waals surface area (Å²) in [6.07, 6.45) is 6.46. The Hall–Kier alpha value is -1.06. The molecule has 0 aromatic rings. The molecule has 2 amide bonds. The van der Waals surface area contributed by atoms with Gasteiger partial charge in [-0.2, -0.15) is 0 Å². The maximum atomic E-state index is 13.2. The maximum Gasteiger partial charge on any atom is 0.312 e. The van der Waals surface area contributed by atoms with Crippen LogP contribution in [0.5, 0.6) is 0 Å². The molecule has 2 heterocycles. The summed E-state index contributed by atoms with van der Waals surface area (Å²) in [6, 6.07) is 0.489. The van der Waals surface area contributed by atoms with E-state index in [-0.39, 0.29) is 45.6 Å². The number of hydrogen-bond donors (Lipinski definition) is 0. The van der Waals surface area contributed by atoms with Gasteiger partial charge in [-0.05, 0) is 60.2 Å². The van der Waals surface area contributed by atoms with E-state index < -0.39 is 0 Å². The highest BCUT2D eigenvalue weighted by Gasteiger charge is 2.55. The number of carbonyl (C=O) groups excluding carboxylic acids is 2. The smallest absolute Gasteiger partial charge is 0.312 e. The van der Waals surface area contributed by atoms with Gasteiger partial charge in [-0.25, -0.2) is 0 Å². The van der Waals surface area contributed by atoms with Crippen molar-refractivity contribution in [3.8, 4) is 0 Å². The van der Waals surface area contributed by atoms with Crippen LogP contribution in [0.2, 0.25) is 0 Å². The first-order valence-corrected chi connectivity index (χ1v) is 10.4. The largest absolute Gasteiger partial charge is 0.331 e. The Morgan fingerprint density at radius 2 is 1.00 bits per heavy atom. The van der Waals surface area contributed by atoms with E-state index in [1.54, 1.807) is 0 Å². The van der Waals surface area contributed by atoms with E-state index in [2.05, 4.69) is 41.5 Å². The number of carbonyl (C=O) groups is 2. The number of likely N-dealkylation sites (tertiary alicyclic amines) is 2. The zero-order valence-electron chi connectivity index (χ0n) is 17.5. The lowest BCUT2D eigenvalue weighted by Gasteiger charge is -2.40. The van der Waals surface area contributed by atoms with E-state index in [1.165, 1.54) is 0 Å². The van der Waals surface area contributed by atoms with Gasteiger partial charge in [0.15, 0.2) is 0 Å². The lowest BCUT2D eigenvalue weighted by Crippen LogP contribution is -2.49. The van der Waals surface area contributed by atoms with E-state index in [1.807, 2.05) is 9.80 Å². The van der Waals surface area contributed by atoms with E-state index >= 15 is 0 Å². The highest BCUT2D eigenvalue weighted by Crippen LogP contribution is 2.54. The van der Waals surface area contributed by atoms with Gasteiger partial charge in [0.2, 0.25) is 0 Å². The fraction of sp³-hybridized carbons (Fsp3) is 0.909. The van der Waals surface area contributed by atoms with Crippen molar-refractivity contribution in [2.45, 2.75) is 92.2 Å². The number of rotatable bonds is 0. The van der Waals surface area contributed by atoms with Crippen molar-refractivity contribution >= 4 is 11.8 Å². The molecule has 0 aromatic heterocycles. The summed E-state index contributed by atoms with van der Waals surface area (Å²) >= 11 is 0. The molecule has 4 aliphatic rings. The first-order valence-electron chi connectivity index (χ1n) is 10.4. The number of amides is 2. The summed E-state index contributed by atoms with van der Waals surface area (Å²) in [5.41, 5.74) is 0.878. The molecule has 4 rings (SSSR count). The molecule has 2 aliphatic carbocycles. The van der Waals surface area contributed by atoms with Gasteiger partial charge in [-0.15, -0.1) is 0 Å². The summed E-state index contributed by atoms with van der Waals surface area (Å²) in [7, 11) is 0. The van der Waals surface area contributed by atoms with Crippen LogP contribution in [-0.2, 0) is 9.59 Å². The molecule has 0 spiro atoms. The van der Waals surface area contributed by atoms with Crippen molar-refractivity contribution in [1.82, 2.24) is 9.80 Å². The van der Waals surface area contributed by atoms with Gasteiger partial charge in [0.1, 0.15) is 0 Å². The highest BCUT2D eigenvalue weighted by molar-refractivity contribution is 6.35. The van der Waals surface area contributed by atoms with Crippen molar-refractivity contribution in [2.24, 2.45) is 21.7 Å². The zero-order valence-corrected chi connectivity index (χ0v) is 17.5. The molecule has 146 valence electrons. The molecule has 0 N–H and O–H groups in total. The number of nitrogens with zero attached hydrogens (tertiary/aromatic N) is 2. The fourth-order valence-electron chi connectivity index (χ4n) is 7.64. The Morgan fingerprint density at radius 1 is 0.654 bits per heavy atom. The SMILES string of the molecule is CC1(C)CC2CC(C)(CN2C(=O)C(=O)N2CC3(C)CC2CC(C)(C)C3)C1. The molecule has 2 saturated heterocycles. The minimum Gasteiger partial charge on any atom is -0.331 e. The predicted molar refractivity (Wildman–Crippen MR) is 102 cm³/mol. The van der Waals surface area contributed by atoms with Gasteiger partial charge in [0.05, 0.1) is 0 Å². The Balaban J connectivity index is 1.52. The van der Waals surface area contributed by atoms with Crippen LogP contribution in [0.4, 0.5) is 0 Å². The first kappa shape index (κ1) is 18.3. The maximum absolute atomic E-state index is 13.2. The van der Waals surface area contributed by atoms with Crippen molar-refractivity contribution in [3.05, 3.63) is 0 Å². The highest BCUT2D eigenvalue weighted by atomic mass is 16.2. The predicted octanol–water partition coefficient (Wildman–Crippen LogP) is 3.84. The second-order valence-corrected chi connectivity index (χ2v) is 12.3. The number of hydrogen-bond acceptors (Lipinski definition) is 2. The lowest BCUT2D eigenvalue weighted by atomic mass is 9.65. The van der Waals surface area contributed by atoms with E-state index in [0.29, 0.717) is 0 Å². The second-order valence-electron chi connectivity index (χ2n) is 12.3. The molecule has 0 aromatic carbocycles. The quantitative estimate of drug-likeness (QED) is 0.616. The topological polar surface area (TPSA) is 40.6 Å². The summed E-state index contributed by atoms with van der Waals surface area (Å²) in [6.45, 7) is 15.3. The lowest BCUT2D eigenvalue weighted by molar-refractivity contribution is -0.153. The van der Waals surface area contributed by atoms with Crippen molar-refractivity contribution < 1.29 is 9.59 Å². The molecular formula is C22H36N2O2. The molecule has 26 heavy (non-hydrogen) atoms. The molecule has 4 atom stereocenters.